The molecule has 1 aliphatic rings. The number of nitrogens with zero attached hydrogens (tertiary/aromatic N) is 5. The number of imidazole rings is 1. The van der Waals surface area contributed by atoms with Gasteiger partial charge in [0.25, 0.3) is 0 Å². The molecule has 188 valence electrons. The fourth-order valence-corrected chi connectivity index (χ4v) is 4.22. The molecule has 12 heteroatoms. The number of nitrogens with one attached hydrogen (secondary N) is 3. The number of tetrazole rings is 1. The highest BCUT2D eigenvalue weighted by Gasteiger charge is 2.19. The quantitative estimate of drug-likeness (QED) is 0.342. The normalized spacial score (nSPS) is 16.0. The summed E-state index contributed by atoms with van der Waals surface area (Å²) in [7, 11) is 0. The maximum absolute atomic E-state index is 13.0. The molecule has 37 heavy (non-hydrogen) atoms. The summed E-state index contributed by atoms with van der Waals surface area (Å²) in [6.07, 6.45) is 7.69. The molecule has 3 heterocycles. The van der Waals surface area contributed by atoms with E-state index in [2.05, 4.69) is 36.1 Å². The van der Waals surface area contributed by atoms with E-state index in [1.807, 2.05) is 18.2 Å². The zero-order valence-corrected chi connectivity index (χ0v) is 20.4. The van der Waals surface area contributed by atoms with Crippen LogP contribution in [0.1, 0.15) is 36.7 Å². The summed E-state index contributed by atoms with van der Waals surface area (Å²) >= 11 is 6.17. The molecule has 3 N–H and O–H groups in total. The second-order valence-corrected chi connectivity index (χ2v) is 8.77. The summed E-state index contributed by atoms with van der Waals surface area (Å²) in [5.74, 6) is 0.318. The molecule has 0 saturated heterocycles. The summed E-state index contributed by atoms with van der Waals surface area (Å²) in [4.78, 5) is 33.0. The molecule has 11 nitrogen and oxygen atoms in total. The number of cyclic esters (lactones) is 1. The van der Waals surface area contributed by atoms with E-state index in [1.54, 1.807) is 36.5 Å². The second kappa shape index (κ2) is 11.0. The summed E-state index contributed by atoms with van der Waals surface area (Å²) in [6, 6.07) is 12.2. The van der Waals surface area contributed by atoms with Crippen LogP contribution in [0.4, 0.5) is 10.5 Å². The number of halogens is 1. The van der Waals surface area contributed by atoms with Crippen molar-refractivity contribution in [2.45, 2.75) is 25.3 Å². The molecule has 0 spiro atoms. The molecule has 2 amide bonds. The monoisotopic (exact) mass is 518 g/mol. The van der Waals surface area contributed by atoms with E-state index >= 15 is 0 Å². The Morgan fingerprint density at radius 1 is 1.22 bits per heavy atom. The minimum absolute atomic E-state index is 0.270. The number of H-pyrrole nitrogens is 1. The zero-order valence-electron chi connectivity index (χ0n) is 19.6. The average Bonchev–Trinajstić information content (AvgIpc) is 3.60. The number of hydrogen-bond donors (Lipinski definition) is 3. The van der Waals surface area contributed by atoms with Gasteiger partial charge in [0.15, 0.2) is 0 Å². The van der Waals surface area contributed by atoms with Gasteiger partial charge in [-0.25, -0.2) is 9.78 Å². The Morgan fingerprint density at radius 3 is 2.97 bits per heavy atom. The molecule has 0 unspecified atom stereocenters. The fourth-order valence-electron chi connectivity index (χ4n) is 4.04. The molecular weight excluding hydrogens is 496 g/mol. The number of benzene rings is 2. The van der Waals surface area contributed by atoms with Gasteiger partial charge in [0.05, 0.1) is 35.9 Å². The van der Waals surface area contributed by atoms with Crippen LogP contribution in [0.5, 0.6) is 0 Å². The van der Waals surface area contributed by atoms with Crippen LogP contribution in [0.3, 0.4) is 0 Å². The Labute approximate surface area is 216 Å². The van der Waals surface area contributed by atoms with Crippen molar-refractivity contribution in [2.75, 3.05) is 11.9 Å². The summed E-state index contributed by atoms with van der Waals surface area (Å²) in [5.41, 5.74) is 3.43. The number of hydrogen-bond acceptors (Lipinski definition) is 7. The SMILES string of the molecule is O=C(/C=C/c1cc(Cl)ccc1-n1cnnn1)N[C@H]1CCCCOC(=O)Nc2ccccc2-c2cnc1[nH]2. The van der Waals surface area contributed by atoms with Gasteiger partial charge in [0.2, 0.25) is 5.91 Å². The first-order valence-corrected chi connectivity index (χ1v) is 12.0. The maximum Gasteiger partial charge on any atom is 0.411 e. The van der Waals surface area contributed by atoms with E-state index in [1.165, 1.54) is 17.1 Å². The fraction of sp³-hybridized carbons (Fsp3) is 0.200. The third kappa shape index (κ3) is 5.84. The standard InChI is InChI=1S/C25H23ClN8O3/c26-17-9-10-22(34-15-28-32-33-34)16(13-17)8-11-23(35)29-20-7-3-4-12-37-25(36)31-19-6-2-1-5-18(19)21-14-27-24(20)30-21/h1-2,5-6,8-11,13-15,20H,3-4,7,12H2,(H,27,30)(H,29,35)(H,31,36)/b11-8+/t20-/m0/s1. The predicted octanol–water partition coefficient (Wildman–Crippen LogP) is 4.31. The lowest BCUT2D eigenvalue weighted by Gasteiger charge is -2.16. The van der Waals surface area contributed by atoms with Crippen LogP contribution in [-0.4, -0.2) is 48.8 Å². The number of carbonyl (C=O) groups is 2. The largest absolute Gasteiger partial charge is 0.449 e. The number of aromatic amines is 1. The summed E-state index contributed by atoms with van der Waals surface area (Å²) < 4.78 is 6.80. The van der Waals surface area contributed by atoms with Crippen molar-refractivity contribution in [1.29, 1.82) is 0 Å². The van der Waals surface area contributed by atoms with Crippen LogP contribution in [-0.2, 0) is 9.53 Å². The van der Waals surface area contributed by atoms with E-state index in [0.717, 1.165) is 5.56 Å². The molecule has 0 saturated carbocycles. The summed E-state index contributed by atoms with van der Waals surface area (Å²) in [5, 5.41) is 17.6. The highest BCUT2D eigenvalue weighted by atomic mass is 35.5. The van der Waals surface area contributed by atoms with Gasteiger partial charge in [-0.3, -0.25) is 10.1 Å². The van der Waals surface area contributed by atoms with Crippen LogP contribution < -0.4 is 10.6 Å². The van der Waals surface area contributed by atoms with Gasteiger partial charge in [0, 0.05) is 22.2 Å². The predicted molar refractivity (Wildman–Crippen MR) is 137 cm³/mol. The average molecular weight is 519 g/mol. The lowest BCUT2D eigenvalue weighted by Crippen LogP contribution is -2.27. The molecule has 2 bridgehead atoms. The number of para-hydroxylation sites is 1. The van der Waals surface area contributed by atoms with Crippen molar-refractivity contribution in [3.05, 3.63) is 77.5 Å². The number of anilines is 1. The lowest BCUT2D eigenvalue weighted by atomic mass is 10.1. The van der Waals surface area contributed by atoms with Crippen molar-refractivity contribution < 1.29 is 14.3 Å². The minimum atomic E-state index is -0.511. The van der Waals surface area contributed by atoms with Gasteiger partial charge in [-0.15, -0.1) is 5.10 Å². The first-order valence-electron chi connectivity index (χ1n) is 11.7. The Bertz CT molecular complexity index is 1430. The van der Waals surface area contributed by atoms with Gasteiger partial charge in [-0.2, -0.15) is 4.68 Å². The Kier molecular flexibility index (Phi) is 7.22. The molecule has 1 aliphatic heterocycles. The topological polar surface area (TPSA) is 140 Å². The third-order valence-corrected chi connectivity index (χ3v) is 6.05. The first kappa shape index (κ1) is 24.2. The van der Waals surface area contributed by atoms with Gasteiger partial charge < -0.3 is 15.0 Å². The number of rotatable bonds is 4. The Hall–Kier alpha value is -4.51. The minimum Gasteiger partial charge on any atom is -0.449 e. The van der Waals surface area contributed by atoms with E-state index in [0.29, 0.717) is 52.7 Å². The lowest BCUT2D eigenvalue weighted by molar-refractivity contribution is -0.117. The van der Waals surface area contributed by atoms with Gasteiger partial charge in [-0.1, -0.05) is 29.8 Å². The molecule has 0 radical (unpaired) electrons. The van der Waals surface area contributed by atoms with Crippen LogP contribution in [0.15, 0.2) is 61.1 Å². The highest BCUT2D eigenvalue weighted by molar-refractivity contribution is 6.30. The molecule has 1 atom stereocenters. The maximum atomic E-state index is 13.0. The molecule has 0 fully saturated rings. The van der Waals surface area contributed by atoms with Crippen molar-refractivity contribution in [3.63, 3.8) is 0 Å². The van der Waals surface area contributed by atoms with Crippen LogP contribution in [0.2, 0.25) is 5.02 Å². The van der Waals surface area contributed by atoms with Crippen molar-refractivity contribution >= 4 is 35.4 Å². The smallest absolute Gasteiger partial charge is 0.411 e. The van der Waals surface area contributed by atoms with E-state index < -0.39 is 6.09 Å². The van der Waals surface area contributed by atoms with Crippen LogP contribution in [0.25, 0.3) is 23.0 Å². The molecule has 4 aromatic rings. The van der Waals surface area contributed by atoms with Crippen LogP contribution in [0, 0.1) is 0 Å². The van der Waals surface area contributed by atoms with Gasteiger partial charge in [-0.05, 0) is 60.0 Å². The molecule has 2 aromatic heterocycles. The van der Waals surface area contributed by atoms with Gasteiger partial charge in [0.1, 0.15) is 12.2 Å². The molecular formula is C25H23ClN8O3. The van der Waals surface area contributed by atoms with Crippen molar-refractivity contribution in [1.82, 2.24) is 35.5 Å². The summed E-state index contributed by atoms with van der Waals surface area (Å²) in [6.45, 7) is 0.270. The second-order valence-electron chi connectivity index (χ2n) is 8.34. The number of fused-ring (bicyclic) bond motifs is 4. The van der Waals surface area contributed by atoms with E-state index in [9.17, 15) is 9.59 Å². The Balaban J connectivity index is 1.37. The molecule has 5 rings (SSSR count). The zero-order chi connectivity index (χ0) is 25.6. The number of carbonyl (C=O) groups excluding carboxylic acids is 2. The van der Waals surface area contributed by atoms with Crippen molar-refractivity contribution in [3.8, 4) is 16.9 Å². The third-order valence-electron chi connectivity index (χ3n) is 5.82. The number of amides is 2. The van der Waals surface area contributed by atoms with E-state index in [4.69, 9.17) is 16.3 Å². The van der Waals surface area contributed by atoms with E-state index in [-0.39, 0.29) is 18.6 Å². The molecule has 2 aromatic carbocycles. The highest BCUT2D eigenvalue weighted by Crippen LogP contribution is 2.29. The van der Waals surface area contributed by atoms with Crippen molar-refractivity contribution in [2.24, 2.45) is 0 Å². The molecule has 0 aliphatic carbocycles. The Morgan fingerprint density at radius 2 is 2.11 bits per heavy atom. The number of aromatic nitrogens is 6. The number of ether oxygens (including phenoxy) is 1. The van der Waals surface area contributed by atoms with Gasteiger partial charge >= 0.3 is 6.09 Å². The first-order chi connectivity index (χ1) is 18.1. The van der Waals surface area contributed by atoms with Crippen LogP contribution >= 0.6 is 11.6 Å².